The molecule has 0 aliphatic rings. The molecule has 0 amide bonds. The number of nitrogens with two attached hydrogens (primary N) is 1. The van der Waals surface area contributed by atoms with Crippen LogP contribution in [-0.2, 0) is 4.79 Å². The van der Waals surface area contributed by atoms with Gasteiger partial charge in [0, 0.05) is 6.54 Å². The molecule has 0 fully saturated rings. The largest absolute Gasteiger partial charge is 0.493 e. The monoisotopic (exact) mass is 707 g/mol. The third-order valence-corrected chi connectivity index (χ3v) is 6.37. The van der Waals surface area contributed by atoms with Crippen molar-refractivity contribution in [3.05, 3.63) is 52.8 Å². The zero-order valence-corrected chi connectivity index (χ0v) is 28.3. The van der Waals surface area contributed by atoms with Crippen molar-refractivity contribution in [2.75, 3.05) is 55.8 Å². The summed E-state index contributed by atoms with van der Waals surface area (Å²) in [4.78, 5) is 18.1. The fraction of sp³-hybridized carbons (Fsp3) is 0.333. The molecule has 0 unspecified atom stereocenters. The number of halogens is 3. The van der Waals surface area contributed by atoms with Crippen molar-refractivity contribution in [3.63, 3.8) is 0 Å². The molecule has 14 nitrogen and oxygen atoms in total. The number of carboxylic acids is 1. The van der Waals surface area contributed by atoms with Crippen LogP contribution in [0.25, 0.3) is 24.3 Å². The van der Waals surface area contributed by atoms with E-state index in [-0.39, 0.29) is 12.0 Å². The highest BCUT2D eigenvalue weighted by Gasteiger charge is 2.38. The molecule has 50 heavy (non-hydrogen) atoms. The van der Waals surface area contributed by atoms with E-state index in [1.807, 2.05) is 54.6 Å². The first-order valence-corrected chi connectivity index (χ1v) is 14.7. The normalized spacial score (nSPS) is 11.0. The smallest absolute Gasteiger partial charge is 0.490 e. The van der Waals surface area contributed by atoms with E-state index in [0.29, 0.717) is 59.0 Å². The number of ether oxygens (including phenoxy) is 7. The van der Waals surface area contributed by atoms with Gasteiger partial charge in [0.15, 0.2) is 29.0 Å². The number of hydrogen-bond acceptors (Lipinski definition) is 11. The van der Waals surface area contributed by atoms with Gasteiger partial charge in [0.25, 0.3) is 0 Å². The molecule has 0 saturated carbocycles. The molecule has 2 aromatic carbocycles. The van der Waals surface area contributed by atoms with Gasteiger partial charge < -0.3 is 49.3 Å². The van der Waals surface area contributed by atoms with Gasteiger partial charge in [-0.05, 0) is 66.5 Å². The molecule has 0 aliphatic carbocycles. The highest BCUT2D eigenvalue weighted by atomic mass is 19.4. The number of rotatable bonds is 16. The van der Waals surface area contributed by atoms with E-state index in [0.717, 1.165) is 24.0 Å². The topological polar surface area (TPSA) is 190 Å². The van der Waals surface area contributed by atoms with Gasteiger partial charge in [-0.3, -0.25) is 5.41 Å². The van der Waals surface area contributed by atoms with Crippen LogP contribution in [0, 0.1) is 5.41 Å². The minimum atomic E-state index is -5.08. The third kappa shape index (κ3) is 12.6. The SMILES string of the molecule is COc1cc(C=Cc2cc(C=Cc3cc(OC)c(OC)c(OC)c3)nc(OCCCCNC(=N)N)n2)cc(OC)c1OC.O=C(O)C(F)(F)F. The van der Waals surface area contributed by atoms with Gasteiger partial charge in [0.2, 0.25) is 11.5 Å². The number of hydrogen-bond donors (Lipinski definition) is 4. The van der Waals surface area contributed by atoms with Crippen LogP contribution in [0.1, 0.15) is 35.4 Å². The fourth-order valence-corrected chi connectivity index (χ4v) is 4.07. The van der Waals surface area contributed by atoms with E-state index in [1.165, 1.54) is 0 Å². The molecule has 1 aromatic heterocycles. The summed E-state index contributed by atoms with van der Waals surface area (Å²) in [5.74, 6) is 0.382. The van der Waals surface area contributed by atoms with Gasteiger partial charge in [0.05, 0.1) is 60.7 Å². The lowest BCUT2D eigenvalue weighted by Gasteiger charge is -2.13. The molecule has 0 bridgehead atoms. The molecule has 0 radical (unpaired) electrons. The maximum atomic E-state index is 10.6. The van der Waals surface area contributed by atoms with Gasteiger partial charge >= 0.3 is 18.2 Å². The number of carboxylic acid groups (broad SMARTS) is 1. The average molecular weight is 708 g/mol. The number of alkyl halides is 3. The molecule has 3 aromatic rings. The van der Waals surface area contributed by atoms with E-state index in [2.05, 4.69) is 15.3 Å². The molecule has 5 N–H and O–H groups in total. The molecule has 0 saturated heterocycles. The summed E-state index contributed by atoms with van der Waals surface area (Å²) in [7, 11) is 9.41. The molecule has 0 aliphatic heterocycles. The zero-order valence-electron chi connectivity index (χ0n) is 28.3. The lowest BCUT2D eigenvalue weighted by atomic mass is 10.1. The number of carbonyl (C=O) groups is 1. The number of guanidine groups is 1. The molecular formula is C33H40F3N5O9. The Balaban J connectivity index is 0.00000112. The third-order valence-electron chi connectivity index (χ3n) is 6.37. The van der Waals surface area contributed by atoms with Crippen LogP contribution in [-0.4, -0.2) is 89.0 Å². The molecule has 0 spiro atoms. The average Bonchev–Trinajstić information content (AvgIpc) is 3.09. The van der Waals surface area contributed by atoms with Gasteiger partial charge in [-0.25, -0.2) is 4.79 Å². The summed E-state index contributed by atoms with van der Waals surface area (Å²) in [6.45, 7) is 0.982. The van der Waals surface area contributed by atoms with E-state index < -0.39 is 12.1 Å². The standard InChI is InChI=1S/C31H39N5O7.C2HF3O2/c1-37-24-15-20(16-25(38-2)28(24)41-5)9-11-22-19-23(36-31(35-22)43-14-8-7-13-34-30(32)33)12-10-21-17-26(39-3)29(42-6)27(18-21)40-4;3-2(4,5)1(6)7/h9-12,15-19H,7-8,13-14H2,1-6H3,(H4,32,33,34);(H,6,7). The summed E-state index contributed by atoms with van der Waals surface area (Å²) in [6, 6.07) is 9.45. The number of aromatic nitrogens is 2. The minimum absolute atomic E-state index is 0.0561. The highest BCUT2D eigenvalue weighted by Crippen LogP contribution is 2.39. The van der Waals surface area contributed by atoms with Crippen molar-refractivity contribution in [2.24, 2.45) is 5.73 Å². The number of aliphatic carboxylic acids is 1. The van der Waals surface area contributed by atoms with Crippen LogP contribution in [0.15, 0.2) is 30.3 Å². The summed E-state index contributed by atoms with van der Waals surface area (Å²) in [6.07, 6.45) is 3.89. The quantitative estimate of drug-likeness (QED) is 0.0870. The summed E-state index contributed by atoms with van der Waals surface area (Å²) < 4.78 is 70.4. The lowest BCUT2D eigenvalue weighted by molar-refractivity contribution is -0.192. The Morgan fingerprint density at radius 3 is 1.48 bits per heavy atom. The fourth-order valence-electron chi connectivity index (χ4n) is 4.07. The van der Waals surface area contributed by atoms with Gasteiger partial charge in [-0.15, -0.1) is 0 Å². The molecule has 17 heteroatoms. The van der Waals surface area contributed by atoms with Gasteiger partial charge in [-0.1, -0.05) is 12.2 Å². The van der Waals surface area contributed by atoms with Crippen LogP contribution in [0.5, 0.6) is 40.5 Å². The van der Waals surface area contributed by atoms with Crippen molar-refractivity contribution in [3.8, 4) is 40.5 Å². The summed E-state index contributed by atoms with van der Waals surface area (Å²) >= 11 is 0. The van der Waals surface area contributed by atoms with Gasteiger partial charge in [-0.2, -0.15) is 23.1 Å². The summed E-state index contributed by atoms with van der Waals surface area (Å²) in [5, 5.41) is 17.2. The molecule has 272 valence electrons. The predicted octanol–water partition coefficient (Wildman–Crippen LogP) is 5.14. The number of nitrogens with zero attached hydrogens (tertiary/aromatic N) is 2. The van der Waals surface area contributed by atoms with E-state index >= 15 is 0 Å². The minimum Gasteiger partial charge on any atom is -0.493 e. The van der Waals surface area contributed by atoms with Crippen molar-refractivity contribution in [2.45, 2.75) is 19.0 Å². The van der Waals surface area contributed by atoms with Crippen LogP contribution >= 0.6 is 0 Å². The molecule has 0 atom stereocenters. The summed E-state index contributed by atoms with van der Waals surface area (Å²) in [5.41, 5.74) is 8.23. The van der Waals surface area contributed by atoms with E-state index in [9.17, 15) is 13.2 Å². The van der Waals surface area contributed by atoms with E-state index in [4.69, 9.17) is 54.2 Å². The number of unbranched alkanes of at least 4 members (excludes halogenated alkanes) is 1. The van der Waals surface area contributed by atoms with Crippen molar-refractivity contribution < 1.29 is 56.2 Å². The number of nitrogens with one attached hydrogen (secondary N) is 2. The van der Waals surface area contributed by atoms with Crippen molar-refractivity contribution >= 4 is 36.2 Å². The Hall–Kier alpha value is -5.87. The molecular weight excluding hydrogens is 667 g/mol. The van der Waals surface area contributed by atoms with Crippen LogP contribution in [0.2, 0.25) is 0 Å². The first-order chi connectivity index (χ1) is 23.8. The van der Waals surface area contributed by atoms with Crippen molar-refractivity contribution in [1.29, 1.82) is 5.41 Å². The molecule has 3 rings (SSSR count). The maximum absolute atomic E-state index is 10.6. The Morgan fingerprint density at radius 2 is 1.16 bits per heavy atom. The number of methoxy groups -OCH3 is 6. The second kappa shape index (κ2) is 19.8. The zero-order chi connectivity index (χ0) is 37.3. The molecule has 1 heterocycles. The van der Waals surface area contributed by atoms with Crippen LogP contribution in [0.3, 0.4) is 0 Å². The Morgan fingerprint density at radius 1 is 0.760 bits per heavy atom. The highest BCUT2D eigenvalue weighted by molar-refractivity contribution is 5.75. The second-order valence-electron chi connectivity index (χ2n) is 9.78. The maximum Gasteiger partial charge on any atom is 0.490 e. The Bertz CT molecular complexity index is 1510. The predicted molar refractivity (Wildman–Crippen MR) is 180 cm³/mol. The van der Waals surface area contributed by atoms with Crippen LogP contribution < -0.4 is 44.2 Å². The second-order valence-corrected chi connectivity index (χ2v) is 9.78. The van der Waals surface area contributed by atoms with Gasteiger partial charge in [0.1, 0.15) is 0 Å². The Kier molecular flexibility index (Phi) is 16.0. The first-order valence-electron chi connectivity index (χ1n) is 14.7. The lowest BCUT2D eigenvalue weighted by Crippen LogP contribution is -2.31. The Labute approximate surface area is 287 Å². The first kappa shape index (κ1) is 40.3. The van der Waals surface area contributed by atoms with E-state index in [1.54, 1.807) is 42.7 Å². The van der Waals surface area contributed by atoms with Crippen molar-refractivity contribution in [1.82, 2.24) is 15.3 Å². The van der Waals surface area contributed by atoms with Crippen LogP contribution in [0.4, 0.5) is 13.2 Å². The number of benzene rings is 2.